The van der Waals surface area contributed by atoms with Crippen LogP contribution in [0.1, 0.15) is 69.9 Å². The molecule has 0 radical (unpaired) electrons. The summed E-state index contributed by atoms with van der Waals surface area (Å²) in [4.78, 5) is 0. The van der Waals surface area contributed by atoms with Gasteiger partial charge < -0.3 is 20.3 Å². The SMILES string of the molecule is CC.Cc1ccc(O)c2c1C1C(C(C)NCC3CCC3)CCC(O)C1O2. The molecule has 0 amide bonds. The molecule has 1 heterocycles. The number of fused-ring (bicyclic) bond motifs is 3. The molecule has 4 nitrogen and oxygen atoms in total. The highest BCUT2D eigenvalue weighted by molar-refractivity contribution is 5.55. The smallest absolute Gasteiger partial charge is 0.165 e. The van der Waals surface area contributed by atoms with Crippen molar-refractivity contribution in [2.24, 2.45) is 11.8 Å². The number of hydrogen-bond donors (Lipinski definition) is 3. The van der Waals surface area contributed by atoms with Crippen LogP contribution in [0.15, 0.2) is 12.1 Å². The van der Waals surface area contributed by atoms with Crippen LogP contribution >= 0.6 is 0 Å². The lowest BCUT2D eigenvalue weighted by molar-refractivity contribution is -0.0164. The molecule has 2 saturated carbocycles. The molecule has 146 valence electrons. The molecule has 4 rings (SSSR count). The maximum Gasteiger partial charge on any atom is 0.165 e. The largest absolute Gasteiger partial charge is 0.504 e. The third-order valence-corrected chi connectivity index (χ3v) is 6.57. The third-order valence-electron chi connectivity index (χ3n) is 6.57. The Labute approximate surface area is 158 Å². The van der Waals surface area contributed by atoms with E-state index in [1.807, 2.05) is 19.9 Å². The van der Waals surface area contributed by atoms with Gasteiger partial charge in [-0.1, -0.05) is 26.3 Å². The van der Waals surface area contributed by atoms with Crippen molar-refractivity contribution >= 4 is 0 Å². The fourth-order valence-electron chi connectivity index (χ4n) is 4.84. The first kappa shape index (κ1) is 19.5. The lowest BCUT2D eigenvalue weighted by Crippen LogP contribution is -2.48. The summed E-state index contributed by atoms with van der Waals surface area (Å²) in [6.45, 7) is 9.45. The van der Waals surface area contributed by atoms with E-state index in [0.717, 1.165) is 36.4 Å². The number of nitrogens with one attached hydrogen (secondary N) is 1. The maximum absolute atomic E-state index is 10.5. The van der Waals surface area contributed by atoms with Crippen molar-refractivity contribution < 1.29 is 14.9 Å². The second-order valence-corrected chi connectivity index (χ2v) is 8.06. The lowest BCUT2D eigenvalue weighted by Gasteiger charge is -2.40. The summed E-state index contributed by atoms with van der Waals surface area (Å²) in [5.41, 5.74) is 2.27. The second kappa shape index (κ2) is 8.18. The molecular weight excluding hydrogens is 326 g/mol. The molecule has 1 aromatic carbocycles. The van der Waals surface area contributed by atoms with Crippen molar-refractivity contribution in [1.29, 1.82) is 0 Å². The van der Waals surface area contributed by atoms with Crippen molar-refractivity contribution in [2.75, 3.05) is 6.54 Å². The molecule has 3 N–H and O–H groups in total. The van der Waals surface area contributed by atoms with Gasteiger partial charge in [0.1, 0.15) is 6.10 Å². The van der Waals surface area contributed by atoms with Crippen LogP contribution in [0, 0.1) is 18.8 Å². The number of hydrogen-bond acceptors (Lipinski definition) is 4. The van der Waals surface area contributed by atoms with E-state index in [2.05, 4.69) is 19.2 Å². The number of phenolic OH excluding ortho intramolecular Hbond substituents is 1. The molecule has 4 heteroatoms. The van der Waals surface area contributed by atoms with Gasteiger partial charge in [0.05, 0.1) is 6.10 Å². The van der Waals surface area contributed by atoms with Gasteiger partial charge in [0.2, 0.25) is 0 Å². The van der Waals surface area contributed by atoms with Crippen molar-refractivity contribution in [3.8, 4) is 11.5 Å². The lowest BCUT2D eigenvalue weighted by atomic mass is 9.69. The Morgan fingerprint density at radius 3 is 2.58 bits per heavy atom. The van der Waals surface area contributed by atoms with Crippen LogP contribution in [0.25, 0.3) is 0 Å². The highest BCUT2D eigenvalue weighted by Crippen LogP contribution is 2.53. The van der Waals surface area contributed by atoms with Gasteiger partial charge in [-0.05, 0) is 69.5 Å². The molecule has 1 aromatic rings. The zero-order chi connectivity index (χ0) is 18.8. The van der Waals surface area contributed by atoms with Gasteiger partial charge in [-0.2, -0.15) is 0 Å². The van der Waals surface area contributed by atoms with Gasteiger partial charge >= 0.3 is 0 Å². The van der Waals surface area contributed by atoms with Crippen LogP contribution in [0.4, 0.5) is 0 Å². The van der Waals surface area contributed by atoms with Crippen molar-refractivity contribution in [1.82, 2.24) is 5.32 Å². The summed E-state index contributed by atoms with van der Waals surface area (Å²) in [5.74, 6) is 2.24. The van der Waals surface area contributed by atoms with E-state index in [-0.39, 0.29) is 17.8 Å². The molecule has 0 saturated heterocycles. The molecule has 3 aliphatic rings. The summed E-state index contributed by atoms with van der Waals surface area (Å²) < 4.78 is 6.05. The van der Waals surface area contributed by atoms with Crippen LogP contribution < -0.4 is 10.1 Å². The highest BCUT2D eigenvalue weighted by Gasteiger charge is 2.49. The van der Waals surface area contributed by atoms with E-state index >= 15 is 0 Å². The van der Waals surface area contributed by atoms with Gasteiger partial charge in [0.25, 0.3) is 0 Å². The Morgan fingerprint density at radius 2 is 1.92 bits per heavy atom. The van der Waals surface area contributed by atoms with Crippen LogP contribution in [-0.4, -0.2) is 35.0 Å². The van der Waals surface area contributed by atoms with E-state index in [1.165, 1.54) is 19.3 Å². The summed E-state index contributed by atoms with van der Waals surface area (Å²) in [7, 11) is 0. The third kappa shape index (κ3) is 3.46. The molecule has 26 heavy (non-hydrogen) atoms. The topological polar surface area (TPSA) is 61.7 Å². The molecule has 2 fully saturated rings. The number of aliphatic hydroxyl groups is 1. The first-order valence-corrected chi connectivity index (χ1v) is 10.5. The molecule has 0 spiro atoms. The van der Waals surface area contributed by atoms with E-state index < -0.39 is 6.10 Å². The Hall–Kier alpha value is -1.26. The summed E-state index contributed by atoms with van der Waals surface area (Å²) in [6.07, 6.45) is 5.19. The first-order chi connectivity index (χ1) is 12.6. The number of phenols is 1. The zero-order valence-corrected chi connectivity index (χ0v) is 16.7. The fraction of sp³-hybridized carbons (Fsp3) is 0.727. The number of ether oxygens (including phenoxy) is 1. The Balaban J connectivity index is 0.000000948. The minimum absolute atomic E-state index is 0.166. The Bertz CT molecular complexity index is 614. The second-order valence-electron chi connectivity index (χ2n) is 8.06. The predicted molar refractivity (Wildman–Crippen MR) is 105 cm³/mol. The minimum Gasteiger partial charge on any atom is -0.504 e. The molecule has 5 atom stereocenters. The first-order valence-electron chi connectivity index (χ1n) is 10.5. The molecule has 0 bridgehead atoms. The standard InChI is InChI=1S/C20H29NO3.C2H6/c1-11-6-8-15(22)19-17(11)18-14(7-9-16(23)20(18)24-19)12(2)21-10-13-4-3-5-13;1-2/h6,8,12-14,16,18,20-23H,3-5,7,9-10H2,1-2H3;1-2H3. The summed E-state index contributed by atoms with van der Waals surface area (Å²) in [5, 5.41) is 24.4. The Kier molecular flexibility index (Phi) is 6.13. The van der Waals surface area contributed by atoms with Crippen LogP contribution in [0.5, 0.6) is 11.5 Å². The molecule has 2 aliphatic carbocycles. The Morgan fingerprint density at radius 1 is 1.19 bits per heavy atom. The molecule has 0 aromatic heterocycles. The van der Waals surface area contributed by atoms with Crippen molar-refractivity contribution in [3.63, 3.8) is 0 Å². The van der Waals surface area contributed by atoms with Gasteiger partial charge in [-0.3, -0.25) is 0 Å². The molecule has 1 aliphatic heterocycles. The van der Waals surface area contributed by atoms with Gasteiger partial charge in [0.15, 0.2) is 11.5 Å². The van der Waals surface area contributed by atoms with E-state index in [1.54, 1.807) is 6.07 Å². The quantitative estimate of drug-likeness (QED) is 0.755. The average Bonchev–Trinajstić information content (AvgIpc) is 3.02. The van der Waals surface area contributed by atoms with Crippen LogP contribution in [0.3, 0.4) is 0 Å². The van der Waals surface area contributed by atoms with Gasteiger partial charge in [-0.25, -0.2) is 0 Å². The molecule has 5 unspecified atom stereocenters. The fourth-order valence-corrected chi connectivity index (χ4v) is 4.84. The van der Waals surface area contributed by atoms with Crippen molar-refractivity contribution in [2.45, 2.75) is 84.0 Å². The monoisotopic (exact) mass is 361 g/mol. The van der Waals surface area contributed by atoms with Gasteiger partial charge in [-0.15, -0.1) is 0 Å². The normalized spacial score (nSPS) is 31.0. The minimum atomic E-state index is -0.448. The number of aryl methyl sites for hydroxylation is 1. The van der Waals surface area contributed by atoms with E-state index in [0.29, 0.717) is 17.7 Å². The van der Waals surface area contributed by atoms with E-state index in [9.17, 15) is 10.2 Å². The summed E-state index contributed by atoms with van der Waals surface area (Å²) >= 11 is 0. The summed E-state index contributed by atoms with van der Waals surface area (Å²) in [6, 6.07) is 4.05. The maximum atomic E-state index is 10.5. The van der Waals surface area contributed by atoms with Crippen molar-refractivity contribution in [3.05, 3.63) is 23.3 Å². The average molecular weight is 362 g/mol. The van der Waals surface area contributed by atoms with E-state index in [4.69, 9.17) is 4.74 Å². The predicted octanol–water partition coefficient (Wildman–Crippen LogP) is 4.12. The highest BCUT2D eigenvalue weighted by atomic mass is 16.5. The van der Waals surface area contributed by atoms with Gasteiger partial charge in [0, 0.05) is 17.5 Å². The van der Waals surface area contributed by atoms with Crippen LogP contribution in [0.2, 0.25) is 0 Å². The number of aromatic hydroxyl groups is 1. The number of benzene rings is 1. The van der Waals surface area contributed by atoms with Crippen LogP contribution in [-0.2, 0) is 0 Å². The number of rotatable bonds is 4. The zero-order valence-electron chi connectivity index (χ0n) is 16.7. The number of aliphatic hydroxyl groups excluding tert-OH is 1. The molecular formula is C22H35NO3.